The molecule has 0 bridgehead atoms. The lowest BCUT2D eigenvalue weighted by Gasteiger charge is -2.14. The molecule has 1 amide bonds. The van der Waals surface area contributed by atoms with Crippen LogP contribution in [0.15, 0.2) is 34.7 Å². The maximum absolute atomic E-state index is 12.4. The normalized spacial score (nSPS) is 10.8. The number of likely N-dealkylation sites (N-methyl/N-ethyl adjacent to an activating group) is 1. The van der Waals surface area contributed by atoms with Gasteiger partial charge in [-0.2, -0.15) is 4.80 Å². The predicted octanol–water partition coefficient (Wildman–Crippen LogP) is 1.91. The summed E-state index contributed by atoms with van der Waals surface area (Å²) in [5.74, 6) is -0.175. The Balaban J connectivity index is 1.64. The van der Waals surface area contributed by atoms with Gasteiger partial charge in [0, 0.05) is 12.6 Å². The third kappa shape index (κ3) is 4.20. The number of hydrogen-bond acceptors (Lipinski definition) is 6. The smallest absolute Gasteiger partial charge is 0.339 e. The molecule has 2 heterocycles. The van der Waals surface area contributed by atoms with Crippen LogP contribution in [0.5, 0.6) is 0 Å². The molecule has 0 aliphatic rings. The molecule has 1 aromatic carbocycles. The average Bonchev–Trinajstić information content (AvgIpc) is 3.22. The van der Waals surface area contributed by atoms with Crippen molar-refractivity contribution < 1.29 is 19.1 Å². The van der Waals surface area contributed by atoms with E-state index in [2.05, 4.69) is 15.4 Å². The molecule has 0 aliphatic heterocycles. The van der Waals surface area contributed by atoms with Gasteiger partial charge in [-0.3, -0.25) is 4.79 Å². The maximum Gasteiger partial charge on any atom is 0.339 e. The molecule has 0 atom stereocenters. The third-order valence-corrected chi connectivity index (χ3v) is 4.06. The maximum atomic E-state index is 12.4. The molecule has 1 N–H and O–H groups in total. The van der Waals surface area contributed by atoms with Crippen molar-refractivity contribution in [2.75, 3.05) is 7.05 Å². The Kier molecular flexibility index (Phi) is 5.02. The SMILES string of the molecule is Cc1ccc(-c2nnn(CC(=O)N(C)Cc3cc(C(=O)O)c(C)o3)n2)cc1. The van der Waals surface area contributed by atoms with Crippen LogP contribution in [0, 0.1) is 13.8 Å². The van der Waals surface area contributed by atoms with Gasteiger partial charge in [0.15, 0.2) is 0 Å². The van der Waals surface area contributed by atoms with Crippen molar-refractivity contribution in [2.24, 2.45) is 0 Å². The zero-order valence-corrected chi connectivity index (χ0v) is 15.2. The minimum atomic E-state index is -1.06. The fourth-order valence-electron chi connectivity index (χ4n) is 2.53. The summed E-state index contributed by atoms with van der Waals surface area (Å²) < 4.78 is 5.39. The Morgan fingerprint density at radius 1 is 1.22 bits per heavy atom. The first-order chi connectivity index (χ1) is 12.8. The first-order valence-corrected chi connectivity index (χ1v) is 8.25. The van der Waals surface area contributed by atoms with E-state index >= 15 is 0 Å². The third-order valence-electron chi connectivity index (χ3n) is 4.06. The highest BCUT2D eigenvalue weighted by molar-refractivity contribution is 5.88. The molecule has 9 heteroatoms. The lowest BCUT2D eigenvalue weighted by molar-refractivity contribution is -0.131. The number of carboxylic acid groups (broad SMARTS) is 1. The van der Waals surface area contributed by atoms with Crippen LogP contribution < -0.4 is 0 Å². The number of aromatic nitrogens is 4. The molecule has 27 heavy (non-hydrogen) atoms. The number of aromatic carboxylic acids is 1. The van der Waals surface area contributed by atoms with Gasteiger partial charge in [0.2, 0.25) is 11.7 Å². The number of nitrogens with zero attached hydrogens (tertiary/aromatic N) is 5. The van der Waals surface area contributed by atoms with E-state index < -0.39 is 5.97 Å². The van der Waals surface area contributed by atoms with E-state index in [0.717, 1.165) is 11.1 Å². The van der Waals surface area contributed by atoms with Gasteiger partial charge in [0.05, 0.1) is 6.54 Å². The summed E-state index contributed by atoms with van der Waals surface area (Å²) in [6, 6.07) is 9.11. The molecule has 140 valence electrons. The molecular weight excluding hydrogens is 350 g/mol. The number of benzene rings is 1. The van der Waals surface area contributed by atoms with Crippen molar-refractivity contribution >= 4 is 11.9 Å². The minimum Gasteiger partial charge on any atom is -0.478 e. The molecule has 2 aromatic heterocycles. The summed E-state index contributed by atoms with van der Waals surface area (Å²) in [6.45, 7) is 3.62. The van der Waals surface area contributed by atoms with Gasteiger partial charge in [-0.05, 0) is 25.1 Å². The van der Waals surface area contributed by atoms with Crippen molar-refractivity contribution in [1.29, 1.82) is 0 Å². The Morgan fingerprint density at radius 3 is 2.56 bits per heavy atom. The Bertz CT molecular complexity index is 974. The number of amides is 1. The largest absolute Gasteiger partial charge is 0.478 e. The summed E-state index contributed by atoms with van der Waals surface area (Å²) >= 11 is 0. The summed E-state index contributed by atoms with van der Waals surface area (Å²) in [7, 11) is 1.60. The molecular formula is C18H19N5O4. The number of furan rings is 1. The molecule has 0 aliphatic carbocycles. The second kappa shape index (κ2) is 7.40. The summed E-state index contributed by atoms with van der Waals surface area (Å²) in [5.41, 5.74) is 2.04. The molecule has 0 spiro atoms. The summed E-state index contributed by atoms with van der Waals surface area (Å²) in [6.07, 6.45) is 0. The topological polar surface area (TPSA) is 114 Å². The van der Waals surface area contributed by atoms with E-state index in [1.54, 1.807) is 14.0 Å². The van der Waals surface area contributed by atoms with Crippen LogP contribution in [-0.4, -0.2) is 49.1 Å². The van der Waals surface area contributed by atoms with Crippen LogP contribution in [0.1, 0.15) is 27.4 Å². The highest BCUT2D eigenvalue weighted by Gasteiger charge is 2.18. The van der Waals surface area contributed by atoms with E-state index in [4.69, 9.17) is 9.52 Å². The first-order valence-electron chi connectivity index (χ1n) is 8.25. The molecule has 0 radical (unpaired) electrons. The van der Waals surface area contributed by atoms with E-state index in [-0.39, 0.29) is 24.6 Å². The van der Waals surface area contributed by atoms with Gasteiger partial charge in [-0.25, -0.2) is 4.79 Å². The Hall–Kier alpha value is -3.49. The highest BCUT2D eigenvalue weighted by atomic mass is 16.4. The van der Waals surface area contributed by atoms with Crippen molar-refractivity contribution in [1.82, 2.24) is 25.1 Å². The number of hydrogen-bond donors (Lipinski definition) is 1. The molecule has 3 aromatic rings. The van der Waals surface area contributed by atoms with E-state index in [9.17, 15) is 9.59 Å². The van der Waals surface area contributed by atoms with Gasteiger partial charge in [0.1, 0.15) is 23.6 Å². The molecule has 0 saturated heterocycles. The van der Waals surface area contributed by atoms with Crippen LogP contribution >= 0.6 is 0 Å². The average molecular weight is 369 g/mol. The van der Waals surface area contributed by atoms with E-state index in [0.29, 0.717) is 17.3 Å². The quantitative estimate of drug-likeness (QED) is 0.706. The van der Waals surface area contributed by atoms with Gasteiger partial charge in [0.25, 0.3) is 0 Å². The number of carbonyl (C=O) groups is 2. The standard InChI is InChI=1S/C18H19N5O4/c1-11-4-6-13(7-5-11)17-19-21-23(20-17)10-16(24)22(3)9-14-8-15(18(25)26)12(2)27-14/h4-8H,9-10H2,1-3H3,(H,25,26). The fraction of sp³-hybridized carbons (Fsp3) is 0.278. The minimum absolute atomic E-state index is 0.0825. The Labute approximate surface area is 155 Å². The van der Waals surface area contributed by atoms with Crippen molar-refractivity contribution in [3.05, 3.63) is 53.0 Å². The zero-order valence-electron chi connectivity index (χ0n) is 15.2. The van der Waals surface area contributed by atoms with Gasteiger partial charge < -0.3 is 14.4 Å². The number of rotatable bonds is 6. The molecule has 3 rings (SSSR count). The summed E-state index contributed by atoms with van der Waals surface area (Å²) in [4.78, 5) is 26.1. The van der Waals surface area contributed by atoms with Crippen molar-refractivity contribution in [3.8, 4) is 11.4 Å². The highest BCUT2D eigenvalue weighted by Crippen LogP contribution is 2.16. The lowest BCUT2D eigenvalue weighted by atomic mass is 10.1. The molecule has 0 fully saturated rings. The van der Waals surface area contributed by atoms with Crippen molar-refractivity contribution in [2.45, 2.75) is 26.9 Å². The fourth-order valence-corrected chi connectivity index (χ4v) is 2.53. The number of tetrazole rings is 1. The van der Waals surface area contributed by atoms with Crippen LogP contribution in [0.4, 0.5) is 0 Å². The second-order valence-electron chi connectivity index (χ2n) is 6.25. The van der Waals surface area contributed by atoms with Crippen LogP contribution in [0.2, 0.25) is 0 Å². The van der Waals surface area contributed by atoms with Crippen LogP contribution in [0.3, 0.4) is 0 Å². The van der Waals surface area contributed by atoms with Crippen molar-refractivity contribution in [3.63, 3.8) is 0 Å². The van der Waals surface area contributed by atoms with E-state index in [1.165, 1.54) is 15.8 Å². The Morgan fingerprint density at radius 2 is 1.93 bits per heavy atom. The number of carbonyl (C=O) groups excluding carboxylic acids is 1. The molecule has 9 nitrogen and oxygen atoms in total. The van der Waals surface area contributed by atoms with Gasteiger partial charge in [-0.15, -0.1) is 10.2 Å². The van der Waals surface area contributed by atoms with Crippen LogP contribution in [0.25, 0.3) is 11.4 Å². The first kappa shape index (κ1) is 18.3. The number of carboxylic acids is 1. The monoisotopic (exact) mass is 369 g/mol. The van der Waals surface area contributed by atoms with E-state index in [1.807, 2.05) is 31.2 Å². The zero-order chi connectivity index (χ0) is 19.6. The van der Waals surface area contributed by atoms with Gasteiger partial charge >= 0.3 is 5.97 Å². The molecule has 0 unspecified atom stereocenters. The second-order valence-corrected chi connectivity index (χ2v) is 6.25. The lowest BCUT2D eigenvalue weighted by Crippen LogP contribution is -2.30. The van der Waals surface area contributed by atoms with Gasteiger partial charge in [-0.1, -0.05) is 29.8 Å². The summed E-state index contributed by atoms with van der Waals surface area (Å²) in [5, 5.41) is 21.2. The predicted molar refractivity (Wildman–Crippen MR) is 94.9 cm³/mol. The van der Waals surface area contributed by atoms with Crippen LogP contribution in [-0.2, 0) is 17.9 Å². The molecule has 0 saturated carbocycles. The number of aryl methyl sites for hydroxylation is 2.